The Kier molecular flexibility index (Phi) is 4.30. The van der Waals surface area contributed by atoms with Crippen LogP contribution in [-0.2, 0) is 17.4 Å². The topological polar surface area (TPSA) is 72.2 Å². The molecular formula is C19H25N5O2. The van der Waals surface area contributed by atoms with Crippen molar-refractivity contribution in [3.63, 3.8) is 0 Å². The number of hydrogen-bond donors (Lipinski definition) is 1. The Labute approximate surface area is 153 Å². The predicted octanol–water partition coefficient (Wildman–Crippen LogP) is 1.38. The summed E-state index contributed by atoms with van der Waals surface area (Å²) in [5, 5.41) is 7.47. The summed E-state index contributed by atoms with van der Waals surface area (Å²) < 4.78 is 3.61. The predicted molar refractivity (Wildman–Crippen MR) is 96.5 cm³/mol. The number of nitrogens with one attached hydrogen (secondary N) is 1. The number of hydrogen-bond acceptors (Lipinski definition) is 3. The van der Waals surface area contributed by atoms with E-state index in [1.54, 1.807) is 10.9 Å². The first-order chi connectivity index (χ1) is 12.6. The molecule has 26 heavy (non-hydrogen) atoms. The van der Waals surface area contributed by atoms with E-state index < -0.39 is 5.54 Å². The van der Waals surface area contributed by atoms with E-state index in [-0.39, 0.29) is 11.8 Å². The lowest BCUT2D eigenvalue weighted by atomic mass is 9.86. The van der Waals surface area contributed by atoms with Gasteiger partial charge in [0.1, 0.15) is 11.2 Å². The van der Waals surface area contributed by atoms with Gasteiger partial charge in [0.25, 0.3) is 5.91 Å². The van der Waals surface area contributed by atoms with Crippen molar-refractivity contribution < 1.29 is 9.59 Å². The number of nitrogens with zero attached hydrogens (tertiary/aromatic N) is 4. The van der Waals surface area contributed by atoms with Crippen LogP contribution in [0.5, 0.6) is 0 Å². The van der Waals surface area contributed by atoms with Gasteiger partial charge < -0.3 is 14.8 Å². The maximum atomic E-state index is 13.0. The number of amides is 2. The summed E-state index contributed by atoms with van der Waals surface area (Å²) in [6, 6.07) is 5.55. The van der Waals surface area contributed by atoms with E-state index >= 15 is 0 Å². The molecule has 1 aliphatic carbocycles. The van der Waals surface area contributed by atoms with E-state index in [9.17, 15) is 9.59 Å². The average molecular weight is 355 g/mol. The van der Waals surface area contributed by atoms with Gasteiger partial charge >= 0.3 is 0 Å². The van der Waals surface area contributed by atoms with Crippen molar-refractivity contribution in [3.8, 4) is 0 Å². The Morgan fingerprint density at radius 1 is 1.23 bits per heavy atom. The van der Waals surface area contributed by atoms with Gasteiger partial charge in [-0.1, -0.05) is 0 Å². The molecule has 2 aromatic heterocycles. The molecule has 3 heterocycles. The van der Waals surface area contributed by atoms with Crippen LogP contribution in [0.1, 0.15) is 36.2 Å². The molecule has 1 N–H and O–H groups in total. The van der Waals surface area contributed by atoms with Crippen LogP contribution < -0.4 is 5.32 Å². The zero-order chi connectivity index (χ0) is 18.1. The monoisotopic (exact) mass is 355 g/mol. The van der Waals surface area contributed by atoms with Crippen molar-refractivity contribution in [1.82, 2.24) is 24.6 Å². The van der Waals surface area contributed by atoms with Crippen LogP contribution in [0, 0.1) is 5.92 Å². The Bertz CT molecular complexity index is 783. The summed E-state index contributed by atoms with van der Waals surface area (Å²) in [6.45, 7) is 1.83. The fourth-order valence-electron chi connectivity index (χ4n) is 3.73. The molecule has 1 saturated carbocycles. The van der Waals surface area contributed by atoms with Gasteiger partial charge in [-0.05, 0) is 49.8 Å². The fraction of sp³-hybridized carbons (Fsp3) is 0.526. The third-order valence-corrected chi connectivity index (χ3v) is 5.65. The van der Waals surface area contributed by atoms with Crippen molar-refractivity contribution in [2.24, 2.45) is 13.0 Å². The lowest BCUT2D eigenvalue weighted by molar-refractivity contribution is -0.133. The number of likely N-dealkylation sites (tertiary alicyclic amines) is 1. The highest BCUT2D eigenvalue weighted by Gasteiger charge is 2.45. The van der Waals surface area contributed by atoms with Crippen molar-refractivity contribution in [1.29, 1.82) is 0 Å². The molecule has 2 fully saturated rings. The molecule has 1 saturated heterocycles. The van der Waals surface area contributed by atoms with E-state index in [1.165, 1.54) is 12.8 Å². The molecule has 2 aliphatic rings. The first-order valence-electron chi connectivity index (χ1n) is 9.29. The minimum absolute atomic E-state index is 0.0185. The highest BCUT2D eigenvalue weighted by atomic mass is 16.2. The van der Waals surface area contributed by atoms with Crippen LogP contribution in [0.15, 0.2) is 36.8 Å². The molecule has 2 amide bonds. The van der Waals surface area contributed by atoms with Crippen LogP contribution >= 0.6 is 0 Å². The first-order valence-corrected chi connectivity index (χ1v) is 9.29. The summed E-state index contributed by atoms with van der Waals surface area (Å²) in [4.78, 5) is 27.6. The van der Waals surface area contributed by atoms with E-state index in [1.807, 2.05) is 47.1 Å². The van der Waals surface area contributed by atoms with Crippen LogP contribution in [0.2, 0.25) is 0 Å². The second-order valence-electron chi connectivity index (χ2n) is 7.43. The van der Waals surface area contributed by atoms with Crippen LogP contribution in [0.4, 0.5) is 0 Å². The average Bonchev–Trinajstić information content (AvgIpc) is 3.13. The van der Waals surface area contributed by atoms with Crippen molar-refractivity contribution >= 4 is 11.8 Å². The molecule has 0 atom stereocenters. The van der Waals surface area contributed by atoms with Gasteiger partial charge in [-0.2, -0.15) is 5.10 Å². The quantitative estimate of drug-likeness (QED) is 0.881. The maximum Gasteiger partial charge on any atom is 0.270 e. The fourth-order valence-corrected chi connectivity index (χ4v) is 3.73. The summed E-state index contributed by atoms with van der Waals surface area (Å²) in [5.41, 5.74) is -0.0293. The van der Waals surface area contributed by atoms with Crippen LogP contribution in [0.3, 0.4) is 0 Å². The number of carbonyl (C=O) groups excluding carboxylic acids is 2. The summed E-state index contributed by atoms with van der Waals surface area (Å²) >= 11 is 0. The lowest BCUT2D eigenvalue weighted by Gasteiger charge is -2.40. The number of rotatable bonds is 5. The summed E-state index contributed by atoms with van der Waals surface area (Å²) in [7, 11) is 1.87. The van der Waals surface area contributed by atoms with E-state index in [4.69, 9.17) is 0 Å². The molecule has 4 rings (SSSR count). The zero-order valence-corrected chi connectivity index (χ0v) is 15.1. The molecule has 0 radical (unpaired) electrons. The highest BCUT2D eigenvalue weighted by Crippen LogP contribution is 2.32. The molecule has 2 aromatic rings. The molecule has 138 valence electrons. The summed E-state index contributed by atoms with van der Waals surface area (Å²) in [6.07, 6.45) is 8.98. The SMILES string of the molecule is Cn1cccc1C(=O)N1CCC(C(=O)NCC2CC2)(n2cccn2)CC1. The summed E-state index contributed by atoms with van der Waals surface area (Å²) in [5.74, 6) is 0.677. The Balaban J connectivity index is 1.49. The van der Waals surface area contributed by atoms with Gasteiger partial charge in [-0.25, -0.2) is 0 Å². The number of aromatic nitrogens is 3. The molecule has 0 unspecified atom stereocenters. The third-order valence-electron chi connectivity index (χ3n) is 5.65. The van der Waals surface area contributed by atoms with Gasteiger partial charge in [-0.15, -0.1) is 0 Å². The minimum atomic E-state index is -0.705. The Morgan fingerprint density at radius 3 is 2.58 bits per heavy atom. The van der Waals surface area contributed by atoms with Crippen LogP contribution in [-0.4, -0.2) is 50.7 Å². The lowest BCUT2D eigenvalue weighted by Crippen LogP contribution is -2.56. The van der Waals surface area contributed by atoms with Crippen LogP contribution in [0.25, 0.3) is 0 Å². The number of piperidine rings is 1. The van der Waals surface area contributed by atoms with Gasteiger partial charge in [-0.3, -0.25) is 14.3 Å². The second-order valence-corrected chi connectivity index (χ2v) is 7.43. The molecule has 7 heteroatoms. The van der Waals surface area contributed by atoms with Gasteiger partial charge in [0.05, 0.1) is 0 Å². The van der Waals surface area contributed by atoms with Crippen molar-refractivity contribution in [2.75, 3.05) is 19.6 Å². The van der Waals surface area contributed by atoms with Crippen molar-refractivity contribution in [2.45, 2.75) is 31.2 Å². The maximum absolute atomic E-state index is 13.0. The molecule has 1 aliphatic heterocycles. The van der Waals surface area contributed by atoms with Gasteiger partial charge in [0.15, 0.2) is 0 Å². The van der Waals surface area contributed by atoms with Gasteiger partial charge in [0.2, 0.25) is 5.91 Å². The smallest absolute Gasteiger partial charge is 0.270 e. The largest absolute Gasteiger partial charge is 0.354 e. The third kappa shape index (κ3) is 3.02. The zero-order valence-electron chi connectivity index (χ0n) is 15.1. The first kappa shape index (κ1) is 16.9. The standard InChI is InChI=1S/C19H25N5O2/c1-22-10-2-4-16(22)17(25)23-12-7-19(8-13-23,24-11-3-9-21-24)18(26)20-14-15-5-6-15/h2-4,9-11,15H,5-8,12-14H2,1H3,(H,20,26). The van der Waals surface area contributed by atoms with E-state index in [0.29, 0.717) is 37.5 Å². The normalized spacial score (nSPS) is 19.3. The molecule has 0 bridgehead atoms. The molecule has 7 nitrogen and oxygen atoms in total. The number of carbonyl (C=O) groups is 2. The Hall–Kier alpha value is -2.57. The second kappa shape index (κ2) is 6.63. The molecular weight excluding hydrogens is 330 g/mol. The Morgan fingerprint density at radius 2 is 2.00 bits per heavy atom. The van der Waals surface area contributed by atoms with Gasteiger partial charge in [0, 0.05) is 45.3 Å². The van der Waals surface area contributed by atoms with E-state index in [0.717, 1.165) is 6.54 Å². The minimum Gasteiger partial charge on any atom is -0.354 e. The molecule has 0 aromatic carbocycles. The molecule has 0 spiro atoms. The van der Waals surface area contributed by atoms with E-state index in [2.05, 4.69) is 10.4 Å². The number of aryl methyl sites for hydroxylation is 1. The highest BCUT2D eigenvalue weighted by molar-refractivity contribution is 5.93. The van der Waals surface area contributed by atoms with Crippen molar-refractivity contribution in [3.05, 3.63) is 42.5 Å².